The van der Waals surface area contributed by atoms with E-state index in [-0.39, 0.29) is 31.4 Å². The fourth-order valence-corrected chi connectivity index (χ4v) is 4.72. The Kier molecular flexibility index (Phi) is 8.95. The van der Waals surface area contributed by atoms with E-state index in [1.807, 2.05) is 36.4 Å². The van der Waals surface area contributed by atoms with Crippen molar-refractivity contribution in [2.45, 2.75) is 24.8 Å². The van der Waals surface area contributed by atoms with Gasteiger partial charge in [0, 0.05) is 25.3 Å². The lowest BCUT2D eigenvalue weighted by atomic mass is 9.96. The maximum absolute atomic E-state index is 12.9. The van der Waals surface area contributed by atoms with E-state index >= 15 is 0 Å². The van der Waals surface area contributed by atoms with Crippen LogP contribution < -0.4 is 10.6 Å². The van der Waals surface area contributed by atoms with Gasteiger partial charge in [-0.3, -0.25) is 9.59 Å². The number of carboxylic acids is 1. The summed E-state index contributed by atoms with van der Waals surface area (Å²) >= 11 is 1.20. The van der Waals surface area contributed by atoms with Crippen LogP contribution in [0.4, 0.5) is 4.79 Å². The number of methoxy groups -OCH3 is 1. The summed E-state index contributed by atoms with van der Waals surface area (Å²) in [4.78, 5) is 36.3. The van der Waals surface area contributed by atoms with Gasteiger partial charge >= 0.3 is 12.1 Å². The molecule has 1 aliphatic rings. The molecule has 1 unspecified atom stereocenters. The van der Waals surface area contributed by atoms with Crippen LogP contribution in [0.1, 0.15) is 30.4 Å². The molecule has 0 saturated heterocycles. The van der Waals surface area contributed by atoms with E-state index in [1.165, 1.54) is 18.9 Å². The van der Waals surface area contributed by atoms with Crippen molar-refractivity contribution in [3.05, 3.63) is 59.7 Å². The van der Waals surface area contributed by atoms with Crippen LogP contribution in [0.25, 0.3) is 11.1 Å². The van der Waals surface area contributed by atoms with E-state index in [4.69, 9.17) is 14.6 Å². The number of benzene rings is 2. The molecule has 0 bridgehead atoms. The Morgan fingerprint density at radius 1 is 1.06 bits per heavy atom. The van der Waals surface area contributed by atoms with Crippen molar-refractivity contribution < 1.29 is 29.0 Å². The number of carboxylic acid groups (broad SMARTS) is 1. The molecule has 3 rings (SSSR count). The highest BCUT2D eigenvalue weighted by molar-refractivity contribution is 7.99. The lowest BCUT2D eigenvalue weighted by Gasteiger charge is -2.31. The van der Waals surface area contributed by atoms with Crippen LogP contribution in [-0.4, -0.2) is 67.0 Å². The molecule has 1 aliphatic carbocycles. The number of fused-ring (bicyclic) bond motifs is 3. The van der Waals surface area contributed by atoms with Crippen molar-refractivity contribution in [1.82, 2.24) is 10.6 Å². The van der Waals surface area contributed by atoms with E-state index in [9.17, 15) is 14.4 Å². The van der Waals surface area contributed by atoms with Gasteiger partial charge in [0.2, 0.25) is 5.91 Å². The molecule has 2 aromatic carbocycles. The first-order chi connectivity index (χ1) is 16.4. The van der Waals surface area contributed by atoms with Crippen LogP contribution in [0.2, 0.25) is 0 Å². The fraction of sp³-hybridized carbons (Fsp3) is 0.400. The number of aliphatic carboxylic acids is 1. The Hall–Kier alpha value is -3.04. The lowest BCUT2D eigenvalue weighted by Crippen LogP contribution is -2.61. The minimum atomic E-state index is -1.30. The summed E-state index contributed by atoms with van der Waals surface area (Å²) in [7, 11) is 1.46. The number of alkyl carbamates (subject to hydrolysis) is 1. The first-order valence-electron chi connectivity index (χ1n) is 11.1. The minimum Gasteiger partial charge on any atom is -0.481 e. The Morgan fingerprint density at radius 3 is 2.24 bits per heavy atom. The van der Waals surface area contributed by atoms with Gasteiger partial charge in [0.15, 0.2) is 0 Å². The normalized spacial score (nSPS) is 13.9. The summed E-state index contributed by atoms with van der Waals surface area (Å²) in [6.07, 6.45) is -0.407. The molecular formula is C25H30N2O6S. The zero-order valence-corrected chi connectivity index (χ0v) is 20.2. The van der Waals surface area contributed by atoms with Gasteiger partial charge < -0.3 is 25.2 Å². The third kappa shape index (κ3) is 5.90. The van der Waals surface area contributed by atoms with Crippen LogP contribution in [0.5, 0.6) is 0 Å². The van der Waals surface area contributed by atoms with Gasteiger partial charge in [0.05, 0.1) is 12.4 Å². The zero-order chi connectivity index (χ0) is 24.6. The number of nitrogens with one attached hydrogen (secondary N) is 2. The Morgan fingerprint density at radius 2 is 1.68 bits per heavy atom. The topological polar surface area (TPSA) is 114 Å². The SMILES string of the molecule is CCC(COC)(NC(=O)OCC1c2ccccc2-c2ccccc21)C(=O)NCCSCC(=O)O. The largest absolute Gasteiger partial charge is 0.481 e. The predicted octanol–water partition coefficient (Wildman–Crippen LogP) is 3.25. The molecule has 8 nitrogen and oxygen atoms in total. The van der Waals surface area contributed by atoms with Crippen molar-refractivity contribution >= 4 is 29.7 Å². The average molecular weight is 487 g/mol. The van der Waals surface area contributed by atoms with Gasteiger partial charge in [-0.05, 0) is 28.7 Å². The third-order valence-electron chi connectivity index (χ3n) is 5.87. The van der Waals surface area contributed by atoms with Crippen LogP contribution in [0, 0.1) is 0 Å². The van der Waals surface area contributed by atoms with Crippen molar-refractivity contribution in [3.8, 4) is 11.1 Å². The lowest BCUT2D eigenvalue weighted by molar-refractivity contribution is -0.134. The van der Waals surface area contributed by atoms with E-state index in [0.717, 1.165) is 22.3 Å². The summed E-state index contributed by atoms with van der Waals surface area (Å²) in [5.74, 6) is -0.992. The van der Waals surface area contributed by atoms with Crippen LogP contribution >= 0.6 is 11.8 Å². The second-order valence-electron chi connectivity index (χ2n) is 8.02. The van der Waals surface area contributed by atoms with Crippen molar-refractivity contribution in [3.63, 3.8) is 0 Å². The summed E-state index contributed by atoms with van der Waals surface area (Å²) in [5.41, 5.74) is 3.18. The molecule has 182 valence electrons. The van der Waals surface area contributed by atoms with Gasteiger partial charge in [0.25, 0.3) is 0 Å². The van der Waals surface area contributed by atoms with Crippen molar-refractivity contribution in [1.29, 1.82) is 0 Å². The van der Waals surface area contributed by atoms with Gasteiger partial charge in [-0.25, -0.2) is 4.79 Å². The van der Waals surface area contributed by atoms with Gasteiger partial charge in [-0.15, -0.1) is 11.8 Å². The summed E-state index contributed by atoms with van der Waals surface area (Å²) in [6, 6.07) is 16.1. The molecule has 0 radical (unpaired) electrons. The quantitative estimate of drug-likeness (QED) is 0.395. The second kappa shape index (κ2) is 11.9. The molecule has 9 heteroatoms. The standard InChI is InChI=1S/C25H30N2O6S/c1-3-25(16-32-2,23(30)26-12-13-34-15-22(28)29)27-24(31)33-14-21-19-10-6-4-8-17(19)18-9-5-7-11-20(18)21/h4-11,21H,3,12-16H2,1-2H3,(H,26,30)(H,27,31)(H,28,29). The third-order valence-corrected chi connectivity index (χ3v) is 6.82. The minimum absolute atomic E-state index is 0.0260. The number of hydrogen-bond donors (Lipinski definition) is 3. The Bertz CT molecular complexity index is 984. The summed E-state index contributed by atoms with van der Waals surface area (Å²) < 4.78 is 10.8. The summed E-state index contributed by atoms with van der Waals surface area (Å²) in [5, 5.41) is 14.2. The van der Waals surface area contributed by atoms with Crippen molar-refractivity contribution in [2.24, 2.45) is 0 Å². The molecule has 2 aromatic rings. The molecule has 0 aliphatic heterocycles. The Balaban J connectivity index is 1.63. The number of ether oxygens (including phenoxy) is 2. The number of hydrogen-bond acceptors (Lipinski definition) is 6. The van der Waals surface area contributed by atoms with Crippen LogP contribution in [0.15, 0.2) is 48.5 Å². The molecule has 1 atom stereocenters. The molecule has 0 saturated carbocycles. The fourth-order valence-electron chi connectivity index (χ4n) is 4.15. The number of carbonyl (C=O) groups is 3. The molecular weight excluding hydrogens is 456 g/mol. The highest BCUT2D eigenvalue weighted by Crippen LogP contribution is 2.44. The maximum Gasteiger partial charge on any atom is 0.408 e. The highest BCUT2D eigenvalue weighted by Gasteiger charge is 2.39. The number of carbonyl (C=O) groups excluding carboxylic acids is 2. The van der Waals surface area contributed by atoms with Gasteiger partial charge in [-0.2, -0.15) is 0 Å². The predicted molar refractivity (Wildman–Crippen MR) is 131 cm³/mol. The second-order valence-corrected chi connectivity index (χ2v) is 9.13. The number of amides is 2. The Labute approximate surface area is 203 Å². The molecule has 0 fully saturated rings. The molecule has 34 heavy (non-hydrogen) atoms. The number of rotatable bonds is 12. The first kappa shape index (κ1) is 25.6. The average Bonchev–Trinajstić information content (AvgIpc) is 3.15. The zero-order valence-electron chi connectivity index (χ0n) is 19.3. The van der Waals surface area contributed by atoms with E-state index in [1.54, 1.807) is 6.92 Å². The monoisotopic (exact) mass is 486 g/mol. The van der Waals surface area contributed by atoms with E-state index < -0.39 is 23.5 Å². The highest BCUT2D eigenvalue weighted by atomic mass is 32.2. The van der Waals surface area contributed by atoms with Crippen LogP contribution in [0.3, 0.4) is 0 Å². The van der Waals surface area contributed by atoms with Gasteiger partial charge in [-0.1, -0.05) is 55.5 Å². The molecule has 3 N–H and O–H groups in total. The van der Waals surface area contributed by atoms with Crippen LogP contribution in [-0.2, 0) is 19.1 Å². The molecule has 0 heterocycles. The summed E-state index contributed by atoms with van der Waals surface area (Å²) in [6.45, 7) is 2.16. The van der Waals surface area contributed by atoms with E-state index in [2.05, 4.69) is 22.8 Å². The first-order valence-corrected chi connectivity index (χ1v) is 12.3. The molecule has 0 spiro atoms. The van der Waals surface area contributed by atoms with E-state index in [0.29, 0.717) is 12.2 Å². The number of thioether (sulfide) groups is 1. The molecule has 0 aromatic heterocycles. The van der Waals surface area contributed by atoms with Crippen molar-refractivity contribution in [2.75, 3.05) is 38.4 Å². The molecule has 2 amide bonds. The maximum atomic E-state index is 12.9. The smallest absolute Gasteiger partial charge is 0.408 e. The van der Waals surface area contributed by atoms with Gasteiger partial charge in [0.1, 0.15) is 12.1 Å².